The maximum Gasteiger partial charge on any atom is 0.324 e. The van der Waals surface area contributed by atoms with Gasteiger partial charge in [-0.3, -0.25) is 9.80 Å². The smallest absolute Gasteiger partial charge is 0.324 e. The van der Waals surface area contributed by atoms with Crippen LogP contribution in [0.25, 0.3) is 0 Å². The Kier molecular flexibility index (Phi) is 7.12. The average Bonchev–Trinajstić information content (AvgIpc) is 2.84. The minimum absolute atomic E-state index is 0.0619. The summed E-state index contributed by atoms with van der Waals surface area (Å²) in [5.41, 5.74) is 4.17. The SMILES string of the molecule is C[C@@H]1CCCN(Cc2ccc(N(C)C(=O)N3CCC(c4cccc(C#N)c4)CC3)cc2)C1. The zero-order valence-electron chi connectivity index (χ0n) is 19.3. The standard InChI is InChI=1S/C27H34N4O/c1-21-5-4-14-30(19-21)20-22-8-10-26(11-9-22)29(2)27(32)31-15-12-24(13-16-31)25-7-3-6-23(17-25)18-28/h3,6-11,17,21,24H,4-5,12-16,19-20H2,1-2H3/t21-/m1/s1. The summed E-state index contributed by atoms with van der Waals surface area (Å²) in [7, 11) is 1.87. The Morgan fingerprint density at radius 1 is 1.09 bits per heavy atom. The van der Waals surface area contributed by atoms with E-state index < -0.39 is 0 Å². The molecular formula is C27H34N4O. The quantitative estimate of drug-likeness (QED) is 0.668. The number of nitriles is 1. The molecule has 32 heavy (non-hydrogen) atoms. The van der Waals surface area contributed by atoms with Crippen molar-refractivity contribution in [1.29, 1.82) is 5.26 Å². The zero-order valence-corrected chi connectivity index (χ0v) is 19.3. The van der Waals surface area contributed by atoms with Crippen LogP contribution < -0.4 is 4.90 Å². The number of amides is 2. The van der Waals surface area contributed by atoms with E-state index in [0.29, 0.717) is 11.5 Å². The number of piperidine rings is 2. The summed E-state index contributed by atoms with van der Waals surface area (Å²) in [5, 5.41) is 9.14. The van der Waals surface area contributed by atoms with Gasteiger partial charge >= 0.3 is 6.03 Å². The molecule has 2 heterocycles. The fourth-order valence-electron chi connectivity index (χ4n) is 5.10. The lowest BCUT2D eigenvalue weighted by Gasteiger charge is -2.35. The summed E-state index contributed by atoms with van der Waals surface area (Å²) < 4.78 is 0. The Morgan fingerprint density at radius 3 is 2.53 bits per heavy atom. The number of likely N-dealkylation sites (tertiary alicyclic amines) is 2. The van der Waals surface area contributed by atoms with E-state index in [4.69, 9.17) is 5.26 Å². The van der Waals surface area contributed by atoms with Crippen LogP contribution in [-0.2, 0) is 6.54 Å². The number of carbonyl (C=O) groups is 1. The Hall–Kier alpha value is -2.84. The van der Waals surface area contributed by atoms with E-state index in [0.717, 1.165) is 44.1 Å². The summed E-state index contributed by atoms with van der Waals surface area (Å²) in [5.74, 6) is 1.20. The van der Waals surface area contributed by atoms with Gasteiger partial charge in [0.05, 0.1) is 11.6 Å². The van der Waals surface area contributed by atoms with Gasteiger partial charge in [-0.05, 0) is 79.5 Å². The van der Waals surface area contributed by atoms with Gasteiger partial charge in [-0.15, -0.1) is 0 Å². The molecule has 2 aliphatic heterocycles. The Bertz CT molecular complexity index is 956. The average molecular weight is 431 g/mol. The van der Waals surface area contributed by atoms with Crippen LogP contribution in [0, 0.1) is 17.2 Å². The molecule has 1 atom stereocenters. The highest BCUT2D eigenvalue weighted by atomic mass is 16.2. The van der Waals surface area contributed by atoms with Crippen LogP contribution in [0.3, 0.4) is 0 Å². The molecule has 2 aromatic rings. The molecule has 0 N–H and O–H groups in total. The second-order valence-corrected chi connectivity index (χ2v) is 9.49. The van der Waals surface area contributed by atoms with E-state index in [1.54, 1.807) is 4.90 Å². The molecule has 2 amide bonds. The molecule has 168 valence electrons. The molecule has 0 radical (unpaired) electrons. The second kappa shape index (κ2) is 10.2. The van der Waals surface area contributed by atoms with Gasteiger partial charge in [-0.1, -0.05) is 31.2 Å². The summed E-state index contributed by atoms with van der Waals surface area (Å²) in [6.07, 6.45) is 4.49. The molecule has 2 saturated heterocycles. The van der Waals surface area contributed by atoms with Crippen molar-refractivity contribution in [3.8, 4) is 6.07 Å². The van der Waals surface area contributed by atoms with Crippen molar-refractivity contribution in [1.82, 2.24) is 9.80 Å². The van der Waals surface area contributed by atoms with Gasteiger partial charge in [-0.2, -0.15) is 5.26 Å². The minimum Gasteiger partial charge on any atom is -0.324 e. The third-order valence-electron chi connectivity index (χ3n) is 7.01. The second-order valence-electron chi connectivity index (χ2n) is 9.49. The van der Waals surface area contributed by atoms with Crippen molar-refractivity contribution in [3.05, 3.63) is 65.2 Å². The molecule has 2 fully saturated rings. The van der Waals surface area contributed by atoms with Crippen LogP contribution in [0.2, 0.25) is 0 Å². The van der Waals surface area contributed by atoms with Crippen molar-refractivity contribution in [3.63, 3.8) is 0 Å². The lowest BCUT2D eigenvalue weighted by Crippen LogP contribution is -2.45. The molecule has 2 aliphatic rings. The highest BCUT2D eigenvalue weighted by Crippen LogP contribution is 2.29. The van der Waals surface area contributed by atoms with Crippen LogP contribution >= 0.6 is 0 Å². The largest absolute Gasteiger partial charge is 0.324 e. The first-order valence-electron chi connectivity index (χ1n) is 11.9. The fraction of sp³-hybridized carbons (Fsp3) is 0.481. The molecule has 0 aromatic heterocycles. The van der Waals surface area contributed by atoms with E-state index >= 15 is 0 Å². The molecule has 4 rings (SSSR count). The molecule has 2 aromatic carbocycles. The fourth-order valence-corrected chi connectivity index (χ4v) is 5.10. The van der Waals surface area contributed by atoms with E-state index in [9.17, 15) is 4.79 Å². The van der Waals surface area contributed by atoms with Crippen LogP contribution in [0.1, 0.15) is 55.2 Å². The Morgan fingerprint density at radius 2 is 1.84 bits per heavy atom. The van der Waals surface area contributed by atoms with Crippen LogP contribution in [-0.4, -0.2) is 49.1 Å². The zero-order chi connectivity index (χ0) is 22.5. The molecular weight excluding hydrogens is 396 g/mol. The maximum atomic E-state index is 13.1. The topological polar surface area (TPSA) is 50.6 Å². The first-order chi connectivity index (χ1) is 15.5. The van der Waals surface area contributed by atoms with Gasteiger partial charge in [-0.25, -0.2) is 4.79 Å². The minimum atomic E-state index is 0.0619. The summed E-state index contributed by atoms with van der Waals surface area (Å²) >= 11 is 0. The number of hydrogen-bond acceptors (Lipinski definition) is 3. The van der Waals surface area contributed by atoms with Gasteiger partial charge in [0.1, 0.15) is 0 Å². The first kappa shape index (κ1) is 22.4. The normalized spacial score (nSPS) is 20.0. The van der Waals surface area contributed by atoms with E-state index in [1.165, 1.54) is 37.1 Å². The molecule has 0 unspecified atom stereocenters. The molecule has 0 saturated carbocycles. The number of rotatable bonds is 4. The van der Waals surface area contributed by atoms with Crippen molar-refractivity contribution in [2.75, 3.05) is 38.1 Å². The van der Waals surface area contributed by atoms with Gasteiger partial charge in [0.15, 0.2) is 0 Å². The predicted octanol–water partition coefficient (Wildman–Crippen LogP) is 5.23. The van der Waals surface area contributed by atoms with Gasteiger partial charge in [0.25, 0.3) is 0 Å². The molecule has 0 aliphatic carbocycles. The highest BCUT2D eigenvalue weighted by molar-refractivity contribution is 5.91. The predicted molar refractivity (Wildman–Crippen MR) is 129 cm³/mol. The van der Waals surface area contributed by atoms with E-state index in [2.05, 4.69) is 48.2 Å². The lowest BCUT2D eigenvalue weighted by atomic mass is 9.89. The monoisotopic (exact) mass is 430 g/mol. The third-order valence-corrected chi connectivity index (χ3v) is 7.01. The summed E-state index contributed by atoms with van der Waals surface area (Å²) in [6, 6.07) is 18.6. The van der Waals surface area contributed by atoms with Gasteiger partial charge in [0.2, 0.25) is 0 Å². The molecule has 0 bridgehead atoms. The maximum absolute atomic E-state index is 13.1. The van der Waals surface area contributed by atoms with Crippen molar-refractivity contribution in [2.24, 2.45) is 5.92 Å². The highest BCUT2D eigenvalue weighted by Gasteiger charge is 2.26. The first-order valence-corrected chi connectivity index (χ1v) is 11.9. The number of carbonyl (C=O) groups excluding carboxylic acids is 1. The Balaban J connectivity index is 1.31. The van der Waals surface area contributed by atoms with Gasteiger partial charge in [0, 0.05) is 38.9 Å². The van der Waals surface area contributed by atoms with Crippen LogP contribution in [0.5, 0.6) is 0 Å². The van der Waals surface area contributed by atoms with Crippen molar-refractivity contribution in [2.45, 2.75) is 45.1 Å². The molecule has 5 nitrogen and oxygen atoms in total. The Labute approximate surface area is 192 Å². The van der Waals surface area contributed by atoms with Crippen LogP contribution in [0.4, 0.5) is 10.5 Å². The number of nitrogens with zero attached hydrogens (tertiary/aromatic N) is 4. The lowest BCUT2D eigenvalue weighted by molar-refractivity contribution is 0.176. The number of benzene rings is 2. The third kappa shape index (κ3) is 5.31. The van der Waals surface area contributed by atoms with Crippen molar-refractivity contribution >= 4 is 11.7 Å². The number of anilines is 1. The summed E-state index contributed by atoms with van der Waals surface area (Å²) in [6.45, 7) is 7.18. The molecule has 5 heteroatoms. The van der Waals surface area contributed by atoms with E-state index in [-0.39, 0.29) is 6.03 Å². The molecule has 0 spiro atoms. The number of urea groups is 1. The van der Waals surface area contributed by atoms with Crippen molar-refractivity contribution < 1.29 is 4.79 Å². The number of hydrogen-bond donors (Lipinski definition) is 0. The van der Waals surface area contributed by atoms with E-state index in [1.807, 2.05) is 30.1 Å². The van der Waals surface area contributed by atoms with Crippen LogP contribution in [0.15, 0.2) is 48.5 Å². The van der Waals surface area contributed by atoms with Gasteiger partial charge < -0.3 is 4.90 Å². The summed E-state index contributed by atoms with van der Waals surface area (Å²) in [4.78, 5) is 19.3.